The molecule has 2 heteroatoms. The van der Waals surface area contributed by atoms with Crippen LogP contribution in [0.1, 0.15) is 5.56 Å². The van der Waals surface area contributed by atoms with Crippen molar-refractivity contribution >= 4 is 10.9 Å². The molecule has 0 aliphatic heterocycles. The third-order valence-corrected chi connectivity index (χ3v) is 1.93. The molecule has 0 atom stereocenters. The molecule has 0 spiro atoms. The van der Waals surface area contributed by atoms with Gasteiger partial charge in [-0.05, 0) is 18.6 Å². The highest BCUT2D eigenvalue weighted by atomic mass is 14.9. The van der Waals surface area contributed by atoms with E-state index >= 15 is 0 Å². The van der Waals surface area contributed by atoms with Crippen LogP contribution in [0.4, 0.5) is 0 Å². The van der Waals surface area contributed by atoms with Crippen LogP contribution in [-0.4, -0.2) is 4.57 Å². The number of nitrogens with zero attached hydrogens (tertiary/aromatic N) is 2. The monoisotopic (exact) mass is 155 g/mol. The largest absolute Gasteiger partial charge is 0.245 e. The molecule has 1 heterocycles. The van der Waals surface area contributed by atoms with Crippen LogP contribution in [0, 0.1) is 24.6 Å². The molecule has 0 bridgehead atoms. The minimum absolute atomic E-state index is 0.928. The van der Waals surface area contributed by atoms with E-state index in [1.54, 1.807) is 0 Å². The van der Waals surface area contributed by atoms with E-state index in [2.05, 4.69) is 12.4 Å². The van der Waals surface area contributed by atoms with Gasteiger partial charge in [-0.25, -0.2) is 4.57 Å². The van der Waals surface area contributed by atoms with Crippen molar-refractivity contribution in [2.75, 3.05) is 0 Å². The summed E-state index contributed by atoms with van der Waals surface area (Å²) in [5.74, 6) is 0. The molecule has 57 valence electrons. The van der Waals surface area contributed by atoms with Crippen LogP contribution in [0.2, 0.25) is 0 Å². The van der Waals surface area contributed by atoms with Gasteiger partial charge in [0, 0.05) is 5.39 Å². The molecule has 0 fully saturated rings. The van der Waals surface area contributed by atoms with Gasteiger partial charge in [0.15, 0.2) is 6.19 Å². The van der Waals surface area contributed by atoms with Crippen molar-refractivity contribution in [3.8, 4) is 6.19 Å². The molecule has 0 saturated heterocycles. The van der Waals surface area contributed by atoms with Crippen LogP contribution in [0.5, 0.6) is 0 Å². The Morgan fingerprint density at radius 3 is 2.92 bits per heavy atom. The SMILES string of the molecule is Cc1[c]n(C#N)c2ccccc12. The highest BCUT2D eigenvalue weighted by Gasteiger charge is 2.02. The number of hydrogen-bond donors (Lipinski definition) is 0. The fraction of sp³-hybridized carbons (Fsp3) is 0.100. The highest BCUT2D eigenvalue weighted by molar-refractivity contribution is 5.84. The second-order valence-electron chi connectivity index (χ2n) is 2.69. The molecule has 2 aromatic rings. The molecule has 0 amide bonds. The van der Waals surface area contributed by atoms with E-state index in [-0.39, 0.29) is 0 Å². The van der Waals surface area contributed by atoms with Gasteiger partial charge < -0.3 is 0 Å². The molecule has 0 aliphatic carbocycles. The summed E-state index contributed by atoms with van der Waals surface area (Å²) >= 11 is 0. The fourth-order valence-corrected chi connectivity index (χ4v) is 1.35. The summed E-state index contributed by atoms with van der Waals surface area (Å²) in [7, 11) is 0. The molecule has 0 aliphatic rings. The van der Waals surface area contributed by atoms with Crippen LogP contribution >= 0.6 is 0 Å². The van der Waals surface area contributed by atoms with Gasteiger partial charge in [0.1, 0.15) is 0 Å². The lowest BCUT2D eigenvalue weighted by Gasteiger charge is -1.89. The van der Waals surface area contributed by atoms with Gasteiger partial charge in [-0.15, -0.1) is 0 Å². The lowest BCUT2D eigenvalue weighted by Crippen LogP contribution is -1.82. The summed E-state index contributed by atoms with van der Waals surface area (Å²) in [6.45, 7) is 1.95. The number of para-hydroxylation sites is 1. The van der Waals surface area contributed by atoms with Crippen LogP contribution in [0.3, 0.4) is 0 Å². The first-order valence-electron chi connectivity index (χ1n) is 3.72. The second kappa shape index (κ2) is 2.38. The summed E-state index contributed by atoms with van der Waals surface area (Å²) in [4.78, 5) is 0. The number of aryl methyl sites for hydroxylation is 1. The third kappa shape index (κ3) is 0.802. The first-order chi connectivity index (χ1) is 5.83. The van der Waals surface area contributed by atoms with Crippen LogP contribution < -0.4 is 0 Å². The number of benzene rings is 1. The molecule has 1 aromatic carbocycles. The van der Waals surface area contributed by atoms with Gasteiger partial charge in [-0.3, -0.25) is 0 Å². The van der Waals surface area contributed by atoms with E-state index in [0.717, 1.165) is 16.5 Å². The Balaban J connectivity index is 2.94. The maximum Gasteiger partial charge on any atom is 0.189 e. The van der Waals surface area contributed by atoms with E-state index in [9.17, 15) is 0 Å². The molecular formula is C10H7N2. The molecule has 1 aromatic heterocycles. The molecule has 2 nitrogen and oxygen atoms in total. The Bertz CT molecular complexity index is 460. The Morgan fingerprint density at radius 1 is 1.42 bits per heavy atom. The minimum Gasteiger partial charge on any atom is -0.245 e. The van der Waals surface area contributed by atoms with Crippen molar-refractivity contribution in [1.29, 1.82) is 5.26 Å². The number of rotatable bonds is 0. The number of hydrogen-bond acceptors (Lipinski definition) is 1. The van der Waals surface area contributed by atoms with Gasteiger partial charge in [0.05, 0.1) is 11.7 Å². The van der Waals surface area contributed by atoms with Gasteiger partial charge in [0.2, 0.25) is 0 Å². The number of nitriles is 1. The zero-order valence-corrected chi connectivity index (χ0v) is 6.70. The van der Waals surface area contributed by atoms with Gasteiger partial charge in [-0.1, -0.05) is 18.2 Å². The van der Waals surface area contributed by atoms with E-state index in [1.807, 2.05) is 31.2 Å². The fourth-order valence-electron chi connectivity index (χ4n) is 1.35. The zero-order chi connectivity index (χ0) is 8.55. The van der Waals surface area contributed by atoms with Crippen molar-refractivity contribution in [2.45, 2.75) is 6.92 Å². The zero-order valence-electron chi connectivity index (χ0n) is 6.70. The van der Waals surface area contributed by atoms with Crippen molar-refractivity contribution < 1.29 is 0 Å². The Labute approximate surface area is 70.7 Å². The van der Waals surface area contributed by atoms with Crippen molar-refractivity contribution in [2.24, 2.45) is 0 Å². The molecule has 0 unspecified atom stereocenters. The quantitative estimate of drug-likeness (QED) is 0.572. The number of aromatic nitrogens is 1. The summed E-state index contributed by atoms with van der Waals surface area (Å²) in [6.07, 6.45) is 5.01. The average Bonchev–Trinajstić information content (AvgIpc) is 2.44. The summed E-state index contributed by atoms with van der Waals surface area (Å²) in [5.41, 5.74) is 1.95. The molecule has 0 N–H and O–H groups in total. The minimum atomic E-state index is 0.928. The highest BCUT2D eigenvalue weighted by Crippen LogP contribution is 2.18. The van der Waals surface area contributed by atoms with Crippen LogP contribution in [-0.2, 0) is 0 Å². The van der Waals surface area contributed by atoms with Gasteiger partial charge in [-0.2, -0.15) is 5.26 Å². The summed E-state index contributed by atoms with van der Waals surface area (Å²) < 4.78 is 1.46. The van der Waals surface area contributed by atoms with Gasteiger partial charge >= 0.3 is 0 Å². The normalized spacial score (nSPS) is 10.0. The molecule has 1 radical (unpaired) electrons. The summed E-state index contributed by atoms with van der Waals surface area (Å²) in [6, 6.07) is 7.80. The predicted molar refractivity (Wildman–Crippen MR) is 46.5 cm³/mol. The standard InChI is InChI=1S/C10H7N2/c1-8-6-12(7-11)10-5-3-2-4-9(8)10/h2-5H,1H3. The Kier molecular flexibility index (Phi) is 1.38. The third-order valence-electron chi connectivity index (χ3n) is 1.93. The molecule has 12 heavy (non-hydrogen) atoms. The van der Waals surface area contributed by atoms with Crippen LogP contribution in [0.15, 0.2) is 24.3 Å². The Hall–Kier alpha value is -1.75. The number of fused-ring (bicyclic) bond motifs is 1. The van der Waals surface area contributed by atoms with Crippen LogP contribution in [0.25, 0.3) is 10.9 Å². The van der Waals surface area contributed by atoms with E-state index in [4.69, 9.17) is 5.26 Å². The Morgan fingerprint density at radius 2 is 2.17 bits per heavy atom. The first kappa shape index (κ1) is 6.93. The van der Waals surface area contributed by atoms with Crippen molar-refractivity contribution in [1.82, 2.24) is 4.57 Å². The average molecular weight is 155 g/mol. The lowest BCUT2D eigenvalue weighted by molar-refractivity contribution is 1.13. The summed E-state index contributed by atoms with van der Waals surface area (Å²) in [5, 5.41) is 9.83. The molecule has 2 rings (SSSR count). The van der Waals surface area contributed by atoms with Crippen molar-refractivity contribution in [3.05, 3.63) is 36.0 Å². The van der Waals surface area contributed by atoms with E-state index in [0.29, 0.717) is 0 Å². The lowest BCUT2D eigenvalue weighted by atomic mass is 10.2. The van der Waals surface area contributed by atoms with E-state index in [1.165, 1.54) is 4.57 Å². The van der Waals surface area contributed by atoms with E-state index < -0.39 is 0 Å². The predicted octanol–water partition coefficient (Wildman–Crippen LogP) is 2.08. The maximum absolute atomic E-state index is 8.73. The maximum atomic E-state index is 8.73. The first-order valence-corrected chi connectivity index (χ1v) is 3.72. The second-order valence-corrected chi connectivity index (χ2v) is 2.69. The van der Waals surface area contributed by atoms with Gasteiger partial charge in [0.25, 0.3) is 0 Å². The van der Waals surface area contributed by atoms with Crippen molar-refractivity contribution in [3.63, 3.8) is 0 Å². The molecule has 0 saturated carbocycles. The topological polar surface area (TPSA) is 28.7 Å². The molecular weight excluding hydrogens is 148 g/mol. The smallest absolute Gasteiger partial charge is 0.189 e.